The largest absolute Gasteiger partial charge is 0.508 e. The molecule has 5 nitrogen and oxygen atoms in total. The number of hydrogen-bond acceptors (Lipinski definition) is 4. The van der Waals surface area contributed by atoms with E-state index in [4.69, 9.17) is 4.74 Å². The normalized spacial score (nSPS) is 14.7. The zero-order valence-electron chi connectivity index (χ0n) is 16.3. The zero-order chi connectivity index (χ0) is 19.1. The highest BCUT2D eigenvalue weighted by molar-refractivity contribution is 14.0. The Balaban J connectivity index is 0.00000280. The lowest BCUT2D eigenvalue weighted by Crippen LogP contribution is -2.41. The fourth-order valence-electron chi connectivity index (χ4n) is 2.76. The number of nitrogens with zero attached hydrogens (tertiary/aromatic N) is 1. The summed E-state index contributed by atoms with van der Waals surface area (Å²) >= 11 is 1.94. The molecule has 1 aliphatic carbocycles. The average molecular weight is 513 g/mol. The van der Waals surface area contributed by atoms with E-state index in [0.29, 0.717) is 12.3 Å². The van der Waals surface area contributed by atoms with Crippen LogP contribution in [0.5, 0.6) is 11.5 Å². The number of aromatic hydroxyl groups is 1. The maximum Gasteiger partial charge on any atom is 0.191 e. The van der Waals surface area contributed by atoms with Crippen LogP contribution >= 0.6 is 35.7 Å². The summed E-state index contributed by atoms with van der Waals surface area (Å²) in [5.74, 6) is 1.71. The van der Waals surface area contributed by atoms with E-state index >= 15 is 0 Å². The van der Waals surface area contributed by atoms with E-state index in [9.17, 15) is 5.11 Å². The number of methoxy groups -OCH3 is 1. The topological polar surface area (TPSA) is 65.9 Å². The Labute approximate surface area is 188 Å². The highest BCUT2D eigenvalue weighted by Gasteiger charge is 2.43. The van der Waals surface area contributed by atoms with E-state index in [1.54, 1.807) is 19.2 Å². The number of aliphatic imine (C=N–C) groups is 1. The summed E-state index contributed by atoms with van der Waals surface area (Å²) in [6, 6.07) is 15.7. The Morgan fingerprint density at radius 2 is 1.93 bits per heavy atom. The van der Waals surface area contributed by atoms with Gasteiger partial charge in [-0.2, -0.15) is 0 Å². The van der Waals surface area contributed by atoms with Crippen molar-refractivity contribution in [3.8, 4) is 11.5 Å². The Morgan fingerprint density at radius 3 is 2.57 bits per heavy atom. The van der Waals surface area contributed by atoms with Gasteiger partial charge in [-0.3, -0.25) is 0 Å². The van der Waals surface area contributed by atoms with Crippen molar-refractivity contribution in [2.45, 2.75) is 36.0 Å². The van der Waals surface area contributed by atoms with Crippen molar-refractivity contribution in [3.63, 3.8) is 0 Å². The first kappa shape index (κ1) is 22.7. The second kappa shape index (κ2) is 10.8. The molecule has 0 unspecified atom stereocenters. The lowest BCUT2D eigenvalue weighted by Gasteiger charge is -2.18. The molecule has 0 bridgehead atoms. The summed E-state index contributed by atoms with van der Waals surface area (Å²) in [7, 11) is 1.62. The first-order chi connectivity index (χ1) is 13.1. The number of phenolic OH excluding ortho intramolecular Hbond substituents is 1. The lowest BCUT2D eigenvalue weighted by atomic mass is 10.2. The van der Waals surface area contributed by atoms with Crippen LogP contribution in [-0.4, -0.2) is 36.0 Å². The summed E-state index contributed by atoms with van der Waals surface area (Å²) in [5, 5.41) is 16.8. The number of nitrogens with one attached hydrogen (secondary N) is 2. The number of hydrogen-bond donors (Lipinski definition) is 3. The molecular weight excluding hydrogens is 485 g/mol. The van der Waals surface area contributed by atoms with Crippen LogP contribution in [0.25, 0.3) is 0 Å². The van der Waals surface area contributed by atoms with Crippen LogP contribution in [0.1, 0.15) is 25.3 Å². The third-order valence-corrected chi connectivity index (χ3v) is 6.00. The first-order valence-corrected chi connectivity index (χ1v) is 10.1. The minimum absolute atomic E-state index is 0. The molecule has 0 saturated heterocycles. The molecule has 0 heterocycles. The van der Waals surface area contributed by atoms with Crippen LogP contribution in [0.3, 0.4) is 0 Å². The number of rotatable bonds is 8. The summed E-state index contributed by atoms with van der Waals surface area (Å²) in [4.78, 5) is 5.93. The van der Waals surface area contributed by atoms with Crippen LogP contribution in [0.4, 0.5) is 0 Å². The van der Waals surface area contributed by atoms with Crippen LogP contribution in [-0.2, 0) is 6.54 Å². The van der Waals surface area contributed by atoms with Gasteiger partial charge in [0, 0.05) is 28.3 Å². The molecule has 2 aromatic rings. The molecule has 1 saturated carbocycles. The van der Waals surface area contributed by atoms with E-state index in [1.165, 1.54) is 17.7 Å². The van der Waals surface area contributed by atoms with Gasteiger partial charge < -0.3 is 20.5 Å². The van der Waals surface area contributed by atoms with Gasteiger partial charge in [0.1, 0.15) is 11.5 Å². The molecule has 28 heavy (non-hydrogen) atoms. The quantitative estimate of drug-likeness (QED) is 0.278. The van der Waals surface area contributed by atoms with Crippen molar-refractivity contribution in [2.75, 3.05) is 20.2 Å². The Hall–Kier alpha value is -1.61. The molecule has 0 atom stereocenters. The summed E-state index contributed by atoms with van der Waals surface area (Å²) in [6.07, 6.45) is 2.41. The molecule has 3 N–H and O–H groups in total. The van der Waals surface area contributed by atoms with Gasteiger partial charge in [-0.1, -0.05) is 18.2 Å². The van der Waals surface area contributed by atoms with Crippen LogP contribution in [0.2, 0.25) is 0 Å². The fourth-order valence-corrected chi connectivity index (χ4v) is 4.00. The fraction of sp³-hybridized carbons (Fsp3) is 0.381. The first-order valence-electron chi connectivity index (χ1n) is 9.26. The molecule has 1 aliphatic rings. The van der Waals surface area contributed by atoms with Gasteiger partial charge in [-0.25, -0.2) is 4.99 Å². The number of guanidine groups is 1. The van der Waals surface area contributed by atoms with E-state index < -0.39 is 0 Å². The predicted octanol–water partition coefficient (Wildman–Crippen LogP) is 4.40. The Morgan fingerprint density at radius 1 is 1.18 bits per heavy atom. The molecular formula is C21H28IN3O2S. The van der Waals surface area contributed by atoms with Crippen molar-refractivity contribution < 1.29 is 9.84 Å². The van der Waals surface area contributed by atoms with Gasteiger partial charge in [0.2, 0.25) is 0 Å². The number of halogens is 1. The van der Waals surface area contributed by atoms with E-state index in [0.717, 1.165) is 24.6 Å². The molecule has 3 rings (SSSR count). The van der Waals surface area contributed by atoms with E-state index in [1.807, 2.05) is 30.8 Å². The van der Waals surface area contributed by atoms with Crippen molar-refractivity contribution in [1.29, 1.82) is 0 Å². The van der Waals surface area contributed by atoms with Gasteiger partial charge in [0.05, 0.1) is 13.7 Å². The molecule has 0 spiro atoms. The van der Waals surface area contributed by atoms with Crippen molar-refractivity contribution in [1.82, 2.24) is 10.6 Å². The van der Waals surface area contributed by atoms with Crippen LogP contribution < -0.4 is 15.4 Å². The highest BCUT2D eigenvalue weighted by atomic mass is 127. The Kier molecular flexibility index (Phi) is 8.75. The van der Waals surface area contributed by atoms with Crippen molar-refractivity contribution >= 4 is 41.7 Å². The van der Waals surface area contributed by atoms with E-state index in [2.05, 4.69) is 39.9 Å². The zero-order valence-corrected chi connectivity index (χ0v) is 19.4. The van der Waals surface area contributed by atoms with Crippen LogP contribution in [0.15, 0.2) is 58.4 Å². The molecule has 0 aromatic heterocycles. The Bertz CT molecular complexity index is 782. The smallest absolute Gasteiger partial charge is 0.191 e. The van der Waals surface area contributed by atoms with Gasteiger partial charge in [0.25, 0.3) is 0 Å². The SMILES string of the molecule is CCNC(=NCc1cc(OC)ccc1O)NCC1(Sc2ccccc2)CC1.I. The standard InChI is InChI=1S/C21H27N3O2S.HI/c1-3-22-20(23-14-16-13-17(26-2)9-10-19(16)25)24-15-21(11-12-21)27-18-7-5-4-6-8-18;/h4-10,13,25H,3,11-12,14-15H2,1-2H3,(H2,22,23,24);1H. The highest BCUT2D eigenvalue weighted by Crippen LogP contribution is 2.51. The van der Waals surface area contributed by atoms with Gasteiger partial charge in [0.15, 0.2) is 5.96 Å². The molecule has 0 aliphatic heterocycles. The van der Waals surface area contributed by atoms with Gasteiger partial charge in [-0.15, -0.1) is 35.7 Å². The second-order valence-corrected chi connectivity index (χ2v) is 8.18. The maximum atomic E-state index is 10.0. The predicted molar refractivity (Wildman–Crippen MR) is 127 cm³/mol. The minimum Gasteiger partial charge on any atom is -0.508 e. The monoisotopic (exact) mass is 513 g/mol. The lowest BCUT2D eigenvalue weighted by molar-refractivity contribution is 0.411. The number of benzene rings is 2. The molecule has 0 radical (unpaired) electrons. The van der Waals surface area contributed by atoms with Crippen LogP contribution in [0, 0.1) is 0 Å². The summed E-state index contributed by atoms with van der Waals surface area (Å²) < 4.78 is 5.47. The number of ether oxygens (including phenoxy) is 1. The second-order valence-electron chi connectivity index (χ2n) is 6.64. The molecule has 1 fully saturated rings. The number of phenols is 1. The third-order valence-electron chi connectivity index (χ3n) is 4.50. The maximum absolute atomic E-state index is 10.0. The average Bonchev–Trinajstić information content (AvgIpc) is 3.45. The summed E-state index contributed by atoms with van der Waals surface area (Å²) in [6.45, 7) is 4.08. The third kappa shape index (κ3) is 6.48. The molecule has 7 heteroatoms. The van der Waals surface area contributed by atoms with Gasteiger partial charge in [-0.05, 0) is 50.1 Å². The van der Waals surface area contributed by atoms with Crippen molar-refractivity contribution in [3.05, 3.63) is 54.1 Å². The van der Waals surface area contributed by atoms with Gasteiger partial charge >= 0.3 is 0 Å². The van der Waals surface area contributed by atoms with Crippen molar-refractivity contribution in [2.24, 2.45) is 4.99 Å². The number of thioether (sulfide) groups is 1. The molecule has 2 aromatic carbocycles. The van der Waals surface area contributed by atoms with E-state index in [-0.39, 0.29) is 34.5 Å². The summed E-state index contributed by atoms with van der Waals surface area (Å²) in [5.41, 5.74) is 0.742. The minimum atomic E-state index is 0. The molecule has 0 amide bonds. The molecule has 152 valence electrons.